The van der Waals surface area contributed by atoms with Gasteiger partial charge in [0.1, 0.15) is 0 Å². The number of benzene rings is 5. The number of fused-ring (bicyclic) bond motifs is 1. The van der Waals surface area contributed by atoms with Gasteiger partial charge in [-0.05, 0) is 28.8 Å². The Bertz CT molecular complexity index is 1880. The van der Waals surface area contributed by atoms with Gasteiger partial charge >= 0.3 is 0 Å². The third kappa shape index (κ3) is 5.62. The van der Waals surface area contributed by atoms with E-state index >= 15 is 0 Å². The third-order valence-corrected chi connectivity index (χ3v) is 7.02. The molecule has 7 rings (SSSR count). The zero-order valence-electron chi connectivity index (χ0n) is 22.0. The van der Waals surface area contributed by atoms with Gasteiger partial charge in [-0.15, -0.1) is 35.4 Å². The SMILES string of the molecule is [Ir].[c-]1ccc(-c2ccc(-c3nc(-c4ccccc4)cc(-c4ccccc4)n3)cc2)cc1-c1ccc2ccccc2n1. The molecule has 0 saturated carbocycles. The fourth-order valence-corrected chi connectivity index (χ4v) is 4.91. The molecular weight excluding hydrogens is 679 g/mol. The molecule has 0 aliphatic carbocycles. The van der Waals surface area contributed by atoms with Crippen molar-refractivity contribution >= 4 is 10.9 Å². The van der Waals surface area contributed by atoms with Crippen LogP contribution < -0.4 is 0 Å². The first-order chi connectivity index (χ1) is 19.8. The van der Waals surface area contributed by atoms with E-state index in [0.29, 0.717) is 5.82 Å². The summed E-state index contributed by atoms with van der Waals surface area (Å²) in [7, 11) is 0. The van der Waals surface area contributed by atoms with Crippen LogP contribution in [0.5, 0.6) is 0 Å². The number of para-hydroxylation sites is 1. The molecule has 5 aromatic carbocycles. The predicted molar refractivity (Wildman–Crippen MR) is 163 cm³/mol. The summed E-state index contributed by atoms with van der Waals surface area (Å²) in [5.74, 6) is 0.703. The van der Waals surface area contributed by atoms with E-state index < -0.39 is 0 Å². The van der Waals surface area contributed by atoms with Crippen molar-refractivity contribution in [3.63, 3.8) is 0 Å². The summed E-state index contributed by atoms with van der Waals surface area (Å²) in [5, 5.41) is 1.13. The molecule has 41 heavy (non-hydrogen) atoms. The Kier molecular flexibility index (Phi) is 7.60. The maximum atomic E-state index is 4.96. The zero-order valence-corrected chi connectivity index (χ0v) is 24.4. The Labute approximate surface area is 253 Å². The topological polar surface area (TPSA) is 38.7 Å². The zero-order chi connectivity index (χ0) is 26.7. The van der Waals surface area contributed by atoms with Crippen molar-refractivity contribution < 1.29 is 20.1 Å². The number of nitrogens with zero attached hydrogens (tertiary/aromatic N) is 3. The minimum Gasteiger partial charge on any atom is -0.296 e. The maximum absolute atomic E-state index is 4.96. The molecule has 2 aromatic heterocycles. The second-order valence-corrected chi connectivity index (χ2v) is 9.65. The van der Waals surface area contributed by atoms with E-state index in [2.05, 4.69) is 91.0 Å². The molecule has 7 aromatic rings. The summed E-state index contributed by atoms with van der Waals surface area (Å²) in [4.78, 5) is 14.8. The van der Waals surface area contributed by atoms with Crippen molar-refractivity contribution in [1.82, 2.24) is 15.0 Å². The third-order valence-electron chi connectivity index (χ3n) is 7.02. The van der Waals surface area contributed by atoms with E-state index in [1.165, 1.54) is 0 Å². The van der Waals surface area contributed by atoms with E-state index in [1.54, 1.807) is 0 Å². The van der Waals surface area contributed by atoms with Crippen LogP contribution in [0.25, 0.3) is 67.2 Å². The van der Waals surface area contributed by atoms with E-state index in [-0.39, 0.29) is 20.1 Å². The minimum atomic E-state index is 0. The van der Waals surface area contributed by atoms with Crippen molar-refractivity contribution in [2.45, 2.75) is 0 Å². The smallest absolute Gasteiger partial charge is 0.160 e. The molecule has 0 aliphatic heterocycles. The van der Waals surface area contributed by atoms with Crippen LogP contribution in [0.4, 0.5) is 0 Å². The van der Waals surface area contributed by atoms with Gasteiger partial charge in [0.25, 0.3) is 0 Å². The van der Waals surface area contributed by atoms with Crippen LogP contribution in [0.1, 0.15) is 0 Å². The van der Waals surface area contributed by atoms with E-state index in [4.69, 9.17) is 15.0 Å². The molecule has 0 unspecified atom stereocenters. The molecule has 0 spiro atoms. The van der Waals surface area contributed by atoms with Crippen LogP contribution >= 0.6 is 0 Å². The summed E-state index contributed by atoms with van der Waals surface area (Å²) in [6.45, 7) is 0. The maximum Gasteiger partial charge on any atom is 0.160 e. The summed E-state index contributed by atoms with van der Waals surface area (Å²) in [6, 6.07) is 52.9. The van der Waals surface area contributed by atoms with Crippen molar-refractivity contribution in [3.05, 3.63) is 152 Å². The molecule has 3 nitrogen and oxygen atoms in total. The van der Waals surface area contributed by atoms with Gasteiger partial charge in [-0.2, -0.15) is 0 Å². The molecule has 0 bridgehead atoms. The second kappa shape index (κ2) is 11.8. The molecule has 0 fully saturated rings. The van der Waals surface area contributed by atoms with Crippen LogP contribution in [-0.2, 0) is 20.1 Å². The van der Waals surface area contributed by atoms with E-state index in [0.717, 1.165) is 61.4 Å². The largest absolute Gasteiger partial charge is 0.296 e. The monoisotopic (exact) mass is 703 g/mol. The van der Waals surface area contributed by atoms with Gasteiger partial charge in [-0.3, -0.25) is 4.98 Å². The Morgan fingerprint density at radius 1 is 0.415 bits per heavy atom. The van der Waals surface area contributed by atoms with Crippen LogP contribution in [0.15, 0.2) is 146 Å². The molecule has 0 saturated heterocycles. The Hall–Kier alpha value is -4.76. The Morgan fingerprint density at radius 3 is 1.71 bits per heavy atom. The standard InChI is InChI=1S/C37H24N3.Ir/c1-3-10-27(11-4-1)35-25-36(28-12-5-2-6-13-28)40-37(39-35)30-20-18-26(19-21-30)31-15-9-16-32(24-31)34-23-22-29-14-7-8-17-33(29)38-34;/h1-15,17-25H;/q-1;. The van der Waals surface area contributed by atoms with Crippen molar-refractivity contribution in [3.8, 4) is 56.3 Å². The quantitative estimate of drug-likeness (QED) is 0.168. The van der Waals surface area contributed by atoms with Gasteiger partial charge < -0.3 is 0 Å². The van der Waals surface area contributed by atoms with Gasteiger partial charge in [0.2, 0.25) is 0 Å². The first-order valence-corrected chi connectivity index (χ1v) is 13.3. The van der Waals surface area contributed by atoms with Crippen molar-refractivity contribution in [1.29, 1.82) is 0 Å². The normalized spacial score (nSPS) is 10.7. The average Bonchev–Trinajstić information content (AvgIpc) is 3.05. The predicted octanol–water partition coefficient (Wildman–Crippen LogP) is 9.16. The summed E-state index contributed by atoms with van der Waals surface area (Å²) in [6.07, 6.45) is 0. The van der Waals surface area contributed by atoms with Gasteiger partial charge in [0.05, 0.1) is 16.9 Å². The number of hydrogen-bond acceptors (Lipinski definition) is 3. The number of pyridine rings is 1. The Balaban J connectivity index is 0.00000302. The van der Waals surface area contributed by atoms with Crippen molar-refractivity contribution in [2.75, 3.05) is 0 Å². The number of rotatable bonds is 5. The molecule has 0 amide bonds. The molecule has 4 heteroatoms. The van der Waals surface area contributed by atoms with Crippen molar-refractivity contribution in [2.24, 2.45) is 0 Å². The molecule has 197 valence electrons. The minimum absolute atomic E-state index is 0. The molecular formula is C37H24IrN3-. The summed E-state index contributed by atoms with van der Waals surface area (Å²) in [5.41, 5.74) is 10.00. The summed E-state index contributed by atoms with van der Waals surface area (Å²) < 4.78 is 0. The Morgan fingerprint density at radius 2 is 1.02 bits per heavy atom. The number of hydrogen-bond donors (Lipinski definition) is 0. The van der Waals surface area contributed by atoms with Gasteiger partial charge in [-0.25, -0.2) is 9.97 Å². The molecule has 0 atom stereocenters. The molecule has 0 N–H and O–H groups in total. The summed E-state index contributed by atoms with van der Waals surface area (Å²) >= 11 is 0. The first kappa shape index (κ1) is 26.5. The molecule has 1 radical (unpaired) electrons. The average molecular weight is 703 g/mol. The second-order valence-electron chi connectivity index (χ2n) is 9.65. The molecule has 2 heterocycles. The van der Waals surface area contributed by atoms with E-state index in [9.17, 15) is 0 Å². The molecule has 0 aliphatic rings. The first-order valence-electron chi connectivity index (χ1n) is 13.3. The van der Waals surface area contributed by atoms with Crippen LogP contribution in [0, 0.1) is 6.07 Å². The fourth-order valence-electron chi connectivity index (χ4n) is 4.91. The number of aromatic nitrogens is 3. The van der Waals surface area contributed by atoms with Crippen LogP contribution in [0.3, 0.4) is 0 Å². The van der Waals surface area contributed by atoms with Crippen LogP contribution in [0.2, 0.25) is 0 Å². The fraction of sp³-hybridized carbons (Fsp3) is 0. The van der Waals surface area contributed by atoms with Gasteiger partial charge in [0.15, 0.2) is 5.82 Å². The van der Waals surface area contributed by atoms with Gasteiger partial charge in [-0.1, -0.05) is 115 Å². The van der Waals surface area contributed by atoms with Crippen LogP contribution in [-0.4, -0.2) is 15.0 Å². The van der Waals surface area contributed by atoms with Gasteiger partial charge in [0, 0.05) is 36.8 Å². The van der Waals surface area contributed by atoms with E-state index in [1.807, 2.05) is 60.7 Å².